The van der Waals surface area contributed by atoms with Crippen LogP contribution in [0.3, 0.4) is 0 Å². The van der Waals surface area contributed by atoms with Crippen LogP contribution >= 0.6 is 0 Å². The maximum absolute atomic E-state index is 12.8. The van der Waals surface area contributed by atoms with E-state index in [9.17, 15) is 14.4 Å². The van der Waals surface area contributed by atoms with Crippen LogP contribution in [0.4, 0.5) is 5.69 Å². The number of ketones is 1. The van der Waals surface area contributed by atoms with Gasteiger partial charge < -0.3 is 10.6 Å². The molecule has 150 valence electrons. The van der Waals surface area contributed by atoms with Crippen LogP contribution in [-0.4, -0.2) is 33.5 Å². The number of unbranched alkanes of at least 4 members (excludes halogenated alkanes) is 2. The highest BCUT2D eigenvalue weighted by Gasteiger charge is 2.21. The molecule has 0 aliphatic carbocycles. The van der Waals surface area contributed by atoms with Crippen molar-refractivity contribution < 1.29 is 14.4 Å². The van der Waals surface area contributed by atoms with E-state index in [1.54, 1.807) is 53.1 Å². The van der Waals surface area contributed by atoms with Crippen molar-refractivity contribution in [3.05, 3.63) is 65.7 Å². The molecule has 0 aliphatic heterocycles. The van der Waals surface area contributed by atoms with Crippen molar-refractivity contribution in [1.29, 1.82) is 0 Å². The topological polar surface area (TPSA) is 92.6 Å². The Morgan fingerprint density at radius 1 is 1.00 bits per heavy atom. The first-order chi connectivity index (χ1) is 14.0. The Morgan fingerprint density at radius 3 is 2.45 bits per heavy atom. The first kappa shape index (κ1) is 20.3. The zero-order valence-corrected chi connectivity index (χ0v) is 16.6. The zero-order valence-electron chi connectivity index (χ0n) is 16.6. The summed E-state index contributed by atoms with van der Waals surface area (Å²) in [5, 5.41) is 5.63. The average molecular weight is 392 g/mol. The maximum atomic E-state index is 12.8. The molecule has 0 radical (unpaired) electrons. The number of anilines is 1. The molecule has 2 heterocycles. The van der Waals surface area contributed by atoms with E-state index in [2.05, 4.69) is 22.5 Å². The van der Waals surface area contributed by atoms with E-state index >= 15 is 0 Å². The molecule has 0 spiro atoms. The molecular formula is C22H24N4O3. The number of benzene rings is 1. The molecule has 0 saturated carbocycles. The molecule has 0 aliphatic rings. The van der Waals surface area contributed by atoms with Gasteiger partial charge >= 0.3 is 0 Å². The van der Waals surface area contributed by atoms with Gasteiger partial charge in [0.1, 0.15) is 0 Å². The van der Waals surface area contributed by atoms with Crippen LogP contribution < -0.4 is 10.6 Å². The van der Waals surface area contributed by atoms with E-state index in [0.29, 0.717) is 23.3 Å². The summed E-state index contributed by atoms with van der Waals surface area (Å²) in [4.78, 5) is 41.1. The van der Waals surface area contributed by atoms with Crippen LogP contribution in [0.15, 0.2) is 48.7 Å². The number of hydrogen-bond acceptors (Lipinski definition) is 4. The second-order valence-corrected chi connectivity index (χ2v) is 6.79. The van der Waals surface area contributed by atoms with E-state index in [1.165, 1.54) is 6.92 Å². The highest BCUT2D eigenvalue weighted by Crippen LogP contribution is 2.17. The predicted octanol–water partition coefficient (Wildman–Crippen LogP) is 3.71. The third-order valence-electron chi connectivity index (χ3n) is 4.58. The van der Waals surface area contributed by atoms with Crippen molar-refractivity contribution in [2.24, 2.45) is 0 Å². The lowest BCUT2D eigenvalue weighted by atomic mass is 10.1. The third kappa shape index (κ3) is 4.68. The van der Waals surface area contributed by atoms with Crippen molar-refractivity contribution >= 4 is 28.8 Å². The van der Waals surface area contributed by atoms with Gasteiger partial charge in [0.25, 0.3) is 11.8 Å². The van der Waals surface area contributed by atoms with Gasteiger partial charge in [0.05, 0.1) is 5.52 Å². The van der Waals surface area contributed by atoms with Gasteiger partial charge in [-0.15, -0.1) is 0 Å². The van der Waals surface area contributed by atoms with E-state index in [4.69, 9.17) is 0 Å². The Balaban J connectivity index is 1.82. The van der Waals surface area contributed by atoms with Gasteiger partial charge in [-0.3, -0.25) is 18.8 Å². The number of fused-ring (bicyclic) bond motifs is 1. The first-order valence-corrected chi connectivity index (χ1v) is 9.69. The molecule has 2 amide bonds. The van der Waals surface area contributed by atoms with Crippen LogP contribution in [0, 0.1) is 0 Å². The summed E-state index contributed by atoms with van der Waals surface area (Å²) >= 11 is 0. The normalized spacial score (nSPS) is 10.7. The Bertz CT molecular complexity index is 1040. The second kappa shape index (κ2) is 9.14. The fraction of sp³-hybridized carbons (Fsp3) is 0.273. The molecule has 0 saturated heterocycles. The molecule has 2 aromatic heterocycles. The molecule has 1 aromatic carbocycles. The summed E-state index contributed by atoms with van der Waals surface area (Å²) in [7, 11) is 0. The summed E-state index contributed by atoms with van der Waals surface area (Å²) in [6.45, 7) is 4.15. The summed E-state index contributed by atoms with van der Waals surface area (Å²) in [5.41, 5.74) is 1.82. The third-order valence-corrected chi connectivity index (χ3v) is 4.58. The van der Waals surface area contributed by atoms with Crippen molar-refractivity contribution in [3.8, 4) is 0 Å². The summed E-state index contributed by atoms with van der Waals surface area (Å²) < 4.78 is 1.61. The van der Waals surface area contributed by atoms with E-state index < -0.39 is 5.91 Å². The summed E-state index contributed by atoms with van der Waals surface area (Å²) in [5.74, 6) is -0.604. The number of Topliss-reactive ketones (excluding diaryl/α,β-unsaturated/α-hetero) is 1. The number of hydrogen-bond donors (Lipinski definition) is 2. The molecule has 29 heavy (non-hydrogen) atoms. The van der Waals surface area contributed by atoms with Crippen LogP contribution in [-0.2, 0) is 0 Å². The molecule has 2 N–H and O–H groups in total. The van der Waals surface area contributed by atoms with Crippen LogP contribution in [0.25, 0.3) is 5.52 Å². The molecule has 3 aromatic rings. The minimum Gasteiger partial charge on any atom is -0.349 e. The quantitative estimate of drug-likeness (QED) is 0.451. The molecular weight excluding hydrogens is 368 g/mol. The molecule has 0 unspecified atom stereocenters. The standard InChI is InChI=1S/C22H24N4O3/c1-3-4-6-13-23-22(29)20-25-19(18-8-5-7-14-26(18)20)21(28)24-17-11-9-16(10-12-17)15(2)27/h5,7-12,14H,3-4,6,13H2,1-2H3,(H,23,29)(H,24,28). The highest BCUT2D eigenvalue weighted by molar-refractivity contribution is 6.09. The molecule has 3 rings (SSSR count). The number of amides is 2. The highest BCUT2D eigenvalue weighted by atomic mass is 16.2. The lowest BCUT2D eigenvalue weighted by molar-refractivity contribution is 0.0941. The SMILES string of the molecule is CCCCCNC(=O)c1nc(C(=O)Nc2ccc(C(C)=O)cc2)c2ccccn12. The number of carbonyl (C=O) groups is 3. The van der Waals surface area contributed by atoms with E-state index in [1.807, 2.05) is 0 Å². The van der Waals surface area contributed by atoms with Crippen molar-refractivity contribution in [1.82, 2.24) is 14.7 Å². The summed E-state index contributed by atoms with van der Waals surface area (Å²) in [6, 6.07) is 11.9. The van der Waals surface area contributed by atoms with Gasteiger partial charge in [0.2, 0.25) is 5.82 Å². The Morgan fingerprint density at radius 2 is 1.76 bits per heavy atom. The predicted molar refractivity (Wildman–Crippen MR) is 111 cm³/mol. The largest absolute Gasteiger partial charge is 0.349 e. The van der Waals surface area contributed by atoms with Gasteiger partial charge in [-0.1, -0.05) is 25.8 Å². The van der Waals surface area contributed by atoms with Gasteiger partial charge in [-0.25, -0.2) is 4.98 Å². The smallest absolute Gasteiger partial charge is 0.287 e. The molecule has 7 nitrogen and oxygen atoms in total. The van der Waals surface area contributed by atoms with Crippen LogP contribution in [0.1, 0.15) is 64.6 Å². The number of imidazole rings is 1. The van der Waals surface area contributed by atoms with Gasteiger partial charge in [0.15, 0.2) is 11.5 Å². The zero-order chi connectivity index (χ0) is 20.8. The van der Waals surface area contributed by atoms with Crippen molar-refractivity contribution in [3.63, 3.8) is 0 Å². The van der Waals surface area contributed by atoms with E-state index in [0.717, 1.165) is 19.3 Å². The fourth-order valence-corrected chi connectivity index (χ4v) is 3.00. The van der Waals surface area contributed by atoms with Crippen LogP contribution in [0.5, 0.6) is 0 Å². The Kier molecular flexibility index (Phi) is 6.39. The Hall–Kier alpha value is -3.48. The fourth-order valence-electron chi connectivity index (χ4n) is 3.00. The minimum atomic E-state index is -0.422. The molecule has 0 atom stereocenters. The summed E-state index contributed by atoms with van der Waals surface area (Å²) in [6.07, 6.45) is 4.72. The van der Waals surface area contributed by atoms with E-state index in [-0.39, 0.29) is 23.2 Å². The van der Waals surface area contributed by atoms with Crippen LogP contribution in [0.2, 0.25) is 0 Å². The number of rotatable bonds is 8. The molecule has 0 bridgehead atoms. The van der Waals surface area contributed by atoms with Gasteiger partial charge in [0, 0.05) is 24.0 Å². The van der Waals surface area contributed by atoms with Crippen molar-refractivity contribution in [2.75, 3.05) is 11.9 Å². The Labute approximate surface area is 169 Å². The molecule has 7 heteroatoms. The number of nitrogens with zero attached hydrogens (tertiary/aromatic N) is 2. The monoisotopic (exact) mass is 392 g/mol. The number of aromatic nitrogens is 2. The average Bonchev–Trinajstić information content (AvgIpc) is 3.11. The van der Waals surface area contributed by atoms with Crippen molar-refractivity contribution in [2.45, 2.75) is 33.1 Å². The lowest BCUT2D eigenvalue weighted by Gasteiger charge is -2.04. The van der Waals surface area contributed by atoms with Gasteiger partial charge in [-0.2, -0.15) is 0 Å². The minimum absolute atomic E-state index is 0.0439. The number of pyridine rings is 1. The lowest BCUT2D eigenvalue weighted by Crippen LogP contribution is -2.26. The number of nitrogens with one attached hydrogen (secondary N) is 2. The molecule has 0 fully saturated rings. The maximum Gasteiger partial charge on any atom is 0.287 e. The number of carbonyl (C=O) groups excluding carboxylic acids is 3. The second-order valence-electron chi connectivity index (χ2n) is 6.79. The van der Waals surface area contributed by atoms with Gasteiger partial charge in [-0.05, 0) is 49.7 Å². The first-order valence-electron chi connectivity index (χ1n) is 9.69.